The SMILES string of the molecule is CC[C@H](C)NC(=O)[C@H](CC)N(Cc1ccc(Cl)cc1)C(=O)CCc1ccc(C(C)(C)C)cc1. The lowest BCUT2D eigenvalue weighted by Crippen LogP contribution is -2.50. The maximum absolute atomic E-state index is 13.4. The molecule has 0 fully saturated rings. The number of rotatable bonds is 10. The molecule has 180 valence electrons. The maximum atomic E-state index is 13.4. The number of carbonyl (C=O) groups excluding carboxylic acids is 2. The summed E-state index contributed by atoms with van der Waals surface area (Å²) < 4.78 is 0. The van der Waals surface area contributed by atoms with Crippen LogP contribution in [0, 0.1) is 0 Å². The second-order valence-electron chi connectivity index (χ2n) is 9.84. The average molecular weight is 471 g/mol. The third-order valence-electron chi connectivity index (χ3n) is 6.10. The van der Waals surface area contributed by atoms with Crippen LogP contribution in [-0.2, 0) is 28.0 Å². The summed E-state index contributed by atoms with van der Waals surface area (Å²) in [5.74, 6) is -0.111. The summed E-state index contributed by atoms with van der Waals surface area (Å²) in [6.45, 7) is 12.9. The third-order valence-corrected chi connectivity index (χ3v) is 6.35. The Morgan fingerprint density at radius 2 is 1.52 bits per heavy atom. The molecule has 2 aromatic rings. The molecule has 0 saturated carbocycles. The van der Waals surface area contributed by atoms with Crippen LogP contribution in [0.25, 0.3) is 0 Å². The van der Waals surface area contributed by atoms with Gasteiger partial charge in [0, 0.05) is 24.0 Å². The van der Waals surface area contributed by atoms with Crippen LogP contribution in [0.3, 0.4) is 0 Å². The van der Waals surface area contributed by atoms with Crippen LogP contribution >= 0.6 is 11.6 Å². The van der Waals surface area contributed by atoms with Crippen LogP contribution in [0.4, 0.5) is 0 Å². The van der Waals surface area contributed by atoms with Crippen molar-refractivity contribution in [2.45, 2.75) is 91.3 Å². The highest BCUT2D eigenvalue weighted by atomic mass is 35.5. The zero-order chi connectivity index (χ0) is 24.6. The fourth-order valence-electron chi connectivity index (χ4n) is 3.71. The highest BCUT2D eigenvalue weighted by molar-refractivity contribution is 6.30. The molecule has 4 nitrogen and oxygen atoms in total. The van der Waals surface area contributed by atoms with Crippen molar-refractivity contribution in [1.82, 2.24) is 10.2 Å². The van der Waals surface area contributed by atoms with E-state index in [9.17, 15) is 9.59 Å². The molecular formula is C28H39ClN2O2. The van der Waals surface area contributed by atoms with Crippen LogP contribution in [0.15, 0.2) is 48.5 Å². The summed E-state index contributed by atoms with van der Waals surface area (Å²) in [4.78, 5) is 28.1. The number of hydrogen-bond donors (Lipinski definition) is 1. The van der Waals surface area contributed by atoms with Crippen molar-refractivity contribution in [1.29, 1.82) is 0 Å². The van der Waals surface area contributed by atoms with Gasteiger partial charge in [0.15, 0.2) is 0 Å². The van der Waals surface area contributed by atoms with Gasteiger partial charge in [-0.05, 0) is 60.4 Å². The van der Waals surface area contributed by atoms with Crippen molar-refractivity contribution in [2.24, 2.45) is 0 Å². The second-order valence-corrected chi connectivity index (χ2v) is 10.3. The van der Waals surface area contributed by atoms with E-state index in [-0.39, 0.29) is 23.3 Å². The Hall–Kier alpha value is -2.33. The molecule has 0 heterocycles. The van der Waals surface area contributed by atoms with E-state index in [0.29, 0.717) is 30.8 Å². The van der Waals surface area contributed by atoms with E-state index in [1.54, 1.807) is 4.90 Å². The van der Waals surface area contributed by atoms with Crippen LogP contribution in [0.1, 0.15) is 77.5 Å². The van der Waals surface area contributed by atoms with Crippen LogP contribution < -0.4 is 5.32 Å². The predicted molar refractivity (Wildman–Crippen MR) is 137 cm³/mol. The van der Waals surface area contributed by atoms with E-state index < -0.39 is 6.04 Å². The van der Waals surface area contributed by atoms with Gasteiger partial charge in [0.2, 0.25) is 11.8 Å². The fourth-order valence-corrected chi connectivity index (χ4v) is 3.84. The second kappa shape index (κ2) is 12.2. The van der Waals surface area contributed by atoms with E-state index in [1.165, 1.54) is 5.56 Å². The van der Waals surface area contributed by atoms with Crippen molar-refractivity contribution in [3.8, 4) is 0 Å². The highest BCUT2D eigenvalue weighted by Crippen LogP contribution is 2.23. The Bertz CT molecular complexity index is 901. The maximum Gasteiger partial charge on any atom is 0.243 e. The Balaban J connectivity index is 2.19. The molecule has 0 aliphatic carbocycles. The molecule has 2 atom stereocenters. The molecule has 0 bridgehead atoms. The van der Waals surface area contributed by atoms with Gasteiger partial charge in [0.05, 0.1) is 0 Å². The Morgan fingerprint density at radius 1 is 0.939 bits per heavy atom. The monoisotopic (exact) mass is 470 g/mol. The first-order valence-electron chi connectivity index (χ1n) is 12.0. The van der Waals surface area contributed by atoms with E-state index in [1.807, 2.05) is 45.0 Å². The van der Waals surface area contributed by atoms with Crippen molar-refractivity contribution in [3.05, 3.63) is 70.2 Å². The molecule has 0 saturated heterocycles. The third kappa shape index (κ3) is 8.19. The Morgan fingerprint density at radius 3 is 2.03 bits per heavy atom. The summed E-state index contributed by atoms with van der Waals surface area (Å²) in [5, 5.41) is 3.70. The van der Waals surface area contributed by atoms with E-state index in [4.69, 9.17) is 11.6 Å². The zero-order valence-electron chi connectivity index (χ0n) is 21.0. The number of carbonyl (C=O) groups is 2. The van der Waals surface area contributed by atoms with E-state index in [0.717, 1.165) is 17.5 Å². The molecule has 0 radical (unpaired) electrons. The lowest BCUT2D eigenvalue weighted by atomic mass is 9.86. The number of amides is 2. The Kier molecular flexibility index (Phi) is 9.97. The minimum absolute atomic E-state index is 0.0176. The topological polar surface area (TPSA) is 49.4 Å². The van der Waals surface area contributed by atoms with Gasteiger partial charge in [-0.1, -0.05) is 82.6 Å². The average Bonchev–Trinajstić information content (AvgIpc) is 2.78. The first-order valence-corrected chi connectivity index (χ1v) is 12.4. The number of aryl methyl sites for hydroxylation is 1. The first kappa shape index (κ1) is 26.9. The quantitative estimate of drug-likeness (QED) is 0.443. The molecule has 0 spiro atoms. The first-order chi connectivity index (χ1) is 15.5. The van der Waals surface area contributed by atoms with Gasteiger partial charge in [0.1, 0.15) is 6.04 Å². The minimum atomic E-state index is -0.509. The van der Waals surface area contributed by atoms with Gasteiger partial charge >= 0.3 is 0 Å². The van der Waals surface area contributed by atoms with Gasteiger partial charge in [-0.25, -0.2) is 0 Å². The molecule has 0 unspecified atom stereocenters. The predicted octanol–water partition coefficient (Wildman–Crippen LogP) is 6.29. The molecule has 33 heavy (non-hydrogen) atoms. The van der Waals surface area contributed by atoms with Gasteiger partial charge in [-0.2, -0.15) is 0 Å². The van der Waals surface area contributed by atoms with E-state index >= 15 is 0 Å². The summed E-state index contributed by atoms with van der Waals surface area (Å²) in [5.41, 5.74) is 3.45. The summed E-state index contributed by atoms with van der Waals surface area (Å²) in [7, 11) is 0. The standard InChI is InChI=1S/C28H39ClN2O2/c1-7-20(3)30-27(33)25(8-2)31(19-22-11-16-24(29)17-12-22)26(32)18-13-21-9-14-23(15-10-21)28(4,5)6/h9-12,14-17,20,25H,7-8,13,18-19H2,1-6H3,(H,30,33)/t20-,25-/m0/s1. The lowest BCUT2D eigenvalue weighted by molar-refractivity contribution is -0.141. The largest absolute Gasteiger partial charge is 0.352 e. The fraction of sp³-hybridized carbons (Fsp3) is 0.500. The molecule has 5 heteroatoms. The van der Waals surface area contributed by atoms with Gasteiger partial charge in [-0.15, -0.1) is 0 Å². The van der Waals surface area contributed by atoms with E-state index in [2.05, 4.69) is 50.4 Å². The number of halogens is 1. The molecule has 0 aliphatic rings. The summed E-state index contributed by atoms with van der Waals surface area (Å²) in [6, 6.07) is 15.5. The normalized spacial score (nSPS) is 13.3. The number of nitrogens with one attached hydrogen (secondary N) is 1. The van der Waals surface area contributed by atoms with Crippen molar-refractivity contribution in [3.63, 3.8) is 0 Å². The number of hydrogen-bond acceptors (Lipinski definition) is 2. The highest BCUT2D eigenvalue weighted by Gasteiger charge is 2.29. The van der Waals surface area contributed by atoms with Crippen molar-refractivity contribution in [2.75, 3.05) is 0 Å². The van der Waals surface area contributed by atoms with Crippen LogP contribution in [0.5, 0.6) is 0 Å². The smallest absolute Gasteiger partial charge is 0.243 e. The van der Waals surface area contributed by atoms with Gasteiger partial charge in [-0.3, -0.25) is 9.59 Å². The minimum Gasteiger partial charge on any atom is -0.352 e. The van der Waals surface area contributed by atoms with Crippen molar-refractivity contribution >= 4 is 23.4 Å². The van der Waals surface area contributed by atoms with Crippen LogP contribution in [0.2, 0.25) is 5.02 Å². The number of benzene rings is 2. The van der Waals surface area contributed by atoms with Crippen LogP contribution in [-0.4, -0.2) is 28.8 Å². The molecule has 0 aliphatic heterocycles. The molecule has 1 N–H and O–H groups in total. The van der Waals surface area contributed by atoms with Crippen molar-refractivity contribution < 1.29 is 9.59 Å². The Labute approximate surface area is 204 Å². The molecule has 0 aromatic heterocycles. The zero-order valence-corrected chi connectivity index (χ0v) is 21.7. The summed E-state index contributed by atoms with van der Waals surface area (Å²) in [6.07, 6.45) is 2.40. The molecule has 2 aromatic carbocycles. The molecular weight excluding hydrogens is 432 g/mol. The molecule has 2 rings (SSSR count). The van der Waals surface area contributed by atoms with Gasteiger partial charge < -0.3 is 10.2 Å². The van der Waals surface area contributed by atoms with Gasteiger partial charge in [0.25, 0.3) is 0 Å². The lowest BCUT2D eigenvalue weighted by Gasteiger charge is -2.31. The number of nitrogens with zero attached hydrogens (tertiary/aromatic N) is 1. The molecule has 2 amide bonds. The summed E-state index contributed by atoms with van der Waals surface area (Å²) >= 11 is 6.04.